The number of aryl methyl sites for hydroxylation is 4. The Kier molecular flexibility index (Phi) is 5.48. The van der Waals surface area contributed by atoms with Crippen LogP contribution in [0.4, 0.5) is 10.2 Å². The van der Waals surface area contributed by atoms with Gasteiger partial charge in [0.15, 0.2) is 0 Å². The quantitative estimate of drug-likeness (QED) is 0.429. The molecule has 6 nitrogen and oxygen atoms in total. The summed E-state index contributed by atoms with van der Waals surface area (Å²) in [7, 11) is 0. The number of rotatable bonds is 4. The molecular formula is C27H26FN5O. The molecule has 1 aliphatic heterocycles. The number of amides is 1. The van der Waals surface area contributed by atoms with Gasteiger partial charge in [-0.2, -0.15) is 9.78 Å². The van der Waals surface area contributed by atoms with Gasteiger partial charge in [0.1, 0.15) is 11.6 Å². The van der Waals surface area contributed by atoms with Crippen molar-refractivity contribution in [2.24, 2.45) is 0 Å². The Balaban J connectivity index is 1.72. The predicted octanol–water partition coefficient (Wildman–Crippen LogP) is 5.10. The van der Waals surface area contributed by atoms with E-state index in [1.807, 2.05) is 33.8 Å². The zero-order valence-electron chi connectivity index (χ0n) is 19.7. The Morgan fingerprint density at radius 1 is 0.971 bits per heavy atom. The van der Waals surface area contributed by atoms with Gasteiger partial charge in [0.25, 0.3) is 5.95 Å². The zero-order chi connectivity index (χ0) is 24.0. The summed E-state index contributed by atoms with van der Waals surface area (Å²) in [5.41, 5.74) is 6.02. The van der Waals surface area contributed by atoms with Crippen molar-refractivity contribution < 1.29 is 9.18 Å². The fourth-order valence-corrected chi connectivity index (χ4v) is 4.68. The first kappa shape index (κ1) is 21.9. The van der Waals surface area contributed by atoms with E-state index in [1.165, 1.54) is 6.07 Å². The zero-order valence-corrected chi connectivity index (χ0v) is 19.7. The minimum atomic E-state index is -0.344. The Bertz CT molecular complexity index is 1370. The lowest BCUT2D eigenvalue weighted by atomic mass is 9.84. The Labute approximate surface area is 198 Å². The second-order valence-electron chi connectivity index (χ2n) is 8.92. The average molecular weight is 456 g/mol. The van der Waals surface area contributed by atoms with Crippen LogP contribution in [0.25, 0.3) is 5.95 Å². The van der Waals surface area contributed by atoms with E-state index in [2.05, 4.69) is 34.2 Å². The van der Waals surface area contributed by atoms with Crippen molar-refractivity contribution >= 4 is 11.7 Å². The smallest absolute Gasteiger partial charge is 0.252 e. The van der Waals surface area contributed by atoms with Gasteiger partial charge < -0.3 is 0 Å². The molecule has 0 aliphatic carbocycles. The van der Waals surface area contributed by atoms with Gasteiger partial charge in [-0.05, 0) is 45.4 Å². The van der Waals surface area contributed by atoms with Gasteiger partial charge in [0.2, 0.25) is 5.91 Å². The fraction of sp³-hybridized carbons (Fsp3) is 0.259. The maximum absolute atomic E-state index is 14.6. The van der Waals surface area contributed by atoms with Crippen molar-refractivity contribution in [2.75, 3.05) is 4.90 Å². The van der Waals surface area contributed by atoms with Gasteiger partial charge in [-0.3, -0.25) is 9.69 Å². The highest BCUT2D eigenvalue weighted by Gasteiger charge is 2.38. The first-order chi connectivity index (χ1) is 16.3. The van der Waals surface area contributed by atoms with Crippen LogP contribution < -0.4 is 4.90 Å². The number of carbonyl (C=O) groups excluding carboxylic acids is 1. The molecule has 0 spiro atoms. The van der Waals surface area contributed by atoms with Crippen LogP contribution in [0.5, 0.6) is 0 Å². The van der Waals surface area contributed by atoms with E-state index >= 15 is 0 Å². The Morgan fingerprint density at radius 3 is 2.32 bits per heavy atom. The number of benzene rings is 2. The molecule has 1 amide bonds. The van der Waals surface area contributed by atoms with Crippen molar-refractivity contribution in [3.63, 3.8) is 0 Å². The molecule has 2 aromatic heterocycles. The summed E-state index contributed by atoms with van der Waals surface area (Å²) >= 11 is 0. The highest BCUT2D eigenvalue weighted by molar-refractivity contribution is 5.97. The topological polar surface area (TPSA) is 63.9 Å². The van der Waals surface area contributed by atoms with Crippen molar-refractivity contribution in [1.82, 2.24) is 19.7 Å². The standard InChI is InChI=1S/C27H26FN5O/c1-16-9-11-20(12-10-16)22-14-24(34)32(15-21-7-5-6-8-23(21)28)26-25(22)19(4)31-33(26)27-29-17(2)13-18(3)30-27/h5-13,22H,14-15H2,1-4H3/t22-/m0/s1. The summed E-state index contributed by atoms with van der Waals surface area (Å²) in [6, 6.07) is 16.7. The average Bonchev–Trinajstić information content (AvgIpc) is 3.14. The number of fused-ring (bicyclic) bond motifs is 1. The number of hydrogen-bond acceptors (Lipinski definition) is 4. The summed E-state index contributed by atoms with van der Waals surface area (Å²) in [4.78, 5) is 24.4. The van der Waals surface area contributed by atoms with Gasteiger partial charge in [-0.1, -0.05) is 48.0 Å². The minimum Gasteiger partial charge on any atom is -0.292 e. The van der Waals surface area contributed by atoms with E-state index in [9.17, 15) is 9.18 Å². The highest BCUT2D eigenvalue weighted by Crippen LogP contribution is 2.43. The lowest BCUT2D eigenvalue weighted by Gasteiger charge is -2.33. The summed E-state index contributed by atoms with van der Waals surface area (Å²) in [6.07, 6.45) is 0.282. The van der Waals surface area contributed by atoms with E-state index in [4.69, 9.17) is 5.10 Å². The van der Waals surface area contributed by atoms with E-state index in [-0.39, 0.29) is 30.6 Å². The third-order valence-corrected chi connectivity index (χ3v) is 6.29. The number of nitrogens with zero attached hydrogens (tertiary/aromatic N) is 5. The Hall–Kier alpha value is -3.87. The molecular weight excluding hydrogens is 429 g/mol. The third-order valence-electron chi connectivity index (χ3n) is 6.29. The van der Waals surface area contributed by atoms with Crippen LogP contribution in [0.3, 0.4) is 0 Å². The molecule has 5 rings (SSSR count). The second-order valence-corrected chi connectivity index (χ2v) is 8.92. The molecule has 1 aliphatic rings. The number of anilines is 1. The van der Waals surface area contributed by atoms with Crippen LogP contribution >= 0.6 is 0 Å². The summed E-state index contributed by atoms with van der Waals surface area (Å²) < 4.78 is 16.2. The minimum absolute atomic E-state index is 0.0909. The van der Waals surface area contributed by atoms with Gasteiger partial charge in [0.05, 0.1) is 12.2 Å². The molecule has 0 saturated carbocycles. The fourth-order valence-electron chi connectivity index (χ4n) is 4.68. The monoisotopic (exact) mass is 455 g/mol. The van der Waals surface area contributed by atoms with Crippen LogP contribution in [0, 0.1) is 33.5 Å². The van der Waals surface area contributed by atoms with E-state index in [0.717, 1.165) is 33.8 Å². The molecule has 172 valence electrons. The number of hydrogen-bond donors (Lipinski definition) is 0. The van der Waals surface area contributed by atoms with Gasteiger partial charge in [0, 0.05) is 34.9 Å². The van der Waals surface area contributed by atoms with E-state index in [0.29, 0.717) is 17.3 Å². The summed E-state index contributed by atoms with van der Waals surface area (Å²) in [5, 5.41) is 4.79. The molecule has 0 radical (unpaired) electrons. The summed E-state index contributed by atoms with van der Waals surface area (Å²) in [6.45, 7) is 7.89. The molecule has 3 heterocycles. The molecule has 7 heteroatoms. The normalized spacial score (nSPS) is 15.5. The lowest BCUT2D eigenvalue weighted by molar-refractivity contribution is -0.119. The van der Waals surface area contributed by atoms with Crippen LogP contribution in [-0.2, 0) is 11.3 Å². The molecule has 4 aromatic rings. The molecule has 2 aromatic carbocycles. The lowest BCUT2D eigenvalue weighted by Crippen LogP contribution is -2.38. The highest BCUT2D eigenvalue weighted by atomic mass is 19.1. The number of carbonyl (C=O) groups is 1. The Morgan fingerprint density at radius 2 is 1.65 bits per heavy atom. The molecule has 0 unspecified atom stereocenters. The van der Waals surface area contributed by atoms with Crippen LogP contribution in [0.1, 0.15) is 51.7 Å². The van der Waals surface area contributed by atoms with Crippen molar-refractivity contribution in [3.8, 4) is 5.95 Å². The summed E-state index contributed by atoms with van der Waals surface area (Å²) in [5.74, 6) is 0.416. The third kappa shape index (κ3) is 3.87. The van der Waals surface area contributed by atoms with Gasteiger partial charge in [-0.25, -0.2) is 14.4 Å². The largest absolute Gasteiger partial charge is 0.292 e. The molecule has 0 bridgehead atoms. The van der Waals surface area contributed by atoms with Crippen molar-refractivity contribution in [2.45, 2.75) is 46.6 Å². The van der Waals surface area contributed by atoms with Gasteiger partial charge >= 0.3 is 0 Å². The van der Waals surface area contributed by atoms with Gasteiger partial charge in [-0.15, -0.1) is 0 Å². The maximum atomic E-state index is 14.6. The molecule has 34 heavy (non-hydrogen) atoms. The van der Waals surface area contributed by atoms with Crippen molar-refractivity contribution in [1.29, 1.82) is 0 Å². The van der Waals surface area contributed by atoms with Crippen molar-refractivity contribution in [3.05, 3.63) is 99.8 Å². The molecule has 0 fully saturated rings. The van der Waals surface area contributed by atoms with Crippen LogP contribution in [0.15, 0.2) is 54.6 Å². The SMILES string of the molecule is Cc1ccc([C@@H]2CC(=O)N(Cc3ccccc3F)c3c2c(C)nn3-c2nc(C)cc(C)n2)cc1. The van der Waals surface area contributed by atoms with E-state index < -0.39 is 0 Å². The maximum Gasteiger partial charge on any atom is 0.252 e. The first-order valence-electron chi connectivity index (χ1n) is 11.3. The molecule has 0 N–H and O–H groups in total. The van der Waals surface area contributed by atoms with Crippen LogP contribution in [-0.4, -0.2) is 25.7 Å². The predicted molar refractivity (Wildman–Crippen MR) is 129 cm³/mol. The molecule has 0 saturated heterocycles. The first-order valence-corrected chi connectivity index (χ1v) is 11.3. The number of aromatic nitrogens is 4. The van der Waals surface area contributed by atoms with E-state index in [1.54, 1.807) is 27.8 Å². The number of halogens is 1. The molecule has 1 atom stereocenters. The second kappa shape index (κ2) is 8.48. The van der Waals surface area contributed by atoms with Crippen LogP contribution in [0.2, 0.25) is 0 Å².